The van der Waals surface area contributed by atoms with Crippen molar-refractivity contribution in [3.05, 3.63) is 0 Å². The summed E-state index contributed by atoms with van der Waals surface area (Å²) in [6, 6.07) is 0. The lowest BCUT2D eigenvalue weighted by Gasteiger charge is -2.39. The average Bonchev–Trinajstić information content (AvgIpc) is 3.00. The highest BCUT2D eigenvalue weighted by atomic mass is 14.7. The van der Waals surface area contributed by atoms with Crippen molar-refractivity contribution in [1.29, 1.82) is 0 Å². The Morgan fingerprint density at radius 2 is 1.59 bits per heavy atom. The van der Waals surface area contributed by atoms with Crippen LogP contribution in [0.25, 0.3) is 0 Å². The molecular weight excluding hydrogens is 204 g/mol. The van der Waals surface area contributed by atoms with Gasteiger partial charge in [-0.1, -0.05) is 41.5 Å². The fraction of sp³-hybridized carbons (Fsp3) is 1.00. The quantitative estimate of drug-likeness (QED) is 0.653. The van der Waals surface area contributed by atoms with Gasteiger partial charge in [0.1, 0.15) is 0 Å². The Labute approximate surface area is 108 Å². The monoisotopic (exact) mass is 234 g/mol. The molecule has 0 amide bonds. The van der Waals surface area contributed by atoms with Crippen LogP contribution < -0.4 is 0 Å². The minimum atomic E-state index is 0.666. The fourth-order valence-corrected chi connectivity index (χ4v) is 5.71. The molecule has 98 valence electrons. The van der Waals surface area contributed by atoms with Crippen molar-refractivity contribution in [2.75, 3.05) is 0 Å². The third kappa shape index (κ3) is 1.70. The van der Waals surface area contributed by atoms with Gasteiger partial charge in [-0.3, -0.25) is 0 Å². The van der Waals surface area contributed by atoms with Gasteiger partial charge in [-0.15, -0.1) is 0 Å². The van der Waals surface area contributed by atoms with Crippen molar-refractivity contribution in [1.82, 2.24) is 0 Å². The molecule has 3 aliphatic carbocycles. The van der Waals surface area contributed by atoms with E-state index < -0.39 is 0 Å². The van der Waals surface area contributed by atoms with Crippen molar-refractivity contribution in [2.45, 2.75) is 54.4 Å². The minimum Gasteiger partial charge on any atom is -0.0622 e. The molecule has 0 nitrogen and oxygen atoms in total. The summed E-state index contributed by atoms with van der Waals surface area (Å²) in [5.74, 6) is 8.36. The van der Waals surface area contributed by atoms with Crippen LogP contribution in [0.4, 0.5) is 0 Å². The maximum absolute atomic E-state index is 2.54. The third-order valence-corrected chi connectivity index (χ3v) is 6.85. The van der Waals surface area contributed by atoms with Gasteiger partial charge in [0.05, 0.1) is 0 Å². The average molecular weight is 234 g/mol. The molecule has 0 N–H and O–H groups in total. The molecule has 0 heterocycles. The van der Waals surface area contributed by atoms with Crippen LogP contribution in [-0.4, -0.2) is 0 Å². The summed E-state index contributed by atoms with van der Waals surface area (Å²) in [4.78, 5) is 0. The fourth-order valence-electron chi connectivity index (χ4n) is 5.71. The van der Waals surface area contributed by atoms with E-state index in [1.807, 2.05) is 0 Å². The van der Waals surface area contributed by atoms with Crippen LogP contribution in [0.2, 0.25) is 0 Å². The topological polar surface area (TPSA) is 0 Å². The highest BCUT2D eigenvalue weighted by Gasteiger charge is 2.66. The van der Waals surface area contributed by atoms with Gasteiger partial charge in [-0.2, -0.15) is 0 Å². The van der Waals surface area contributed by atoms with E-state index in [0.29, 0.717) is 5.41 Å². The Morgan fingerprint density at radius 1 is 1.00 bits per heavy atom. The Hall–Kier alpha value is 0. The SMILES string of the molecule is CC(CC(C)C1CC1(C)C)C1C(C)C2C(C)C12. The van der Waals surface area contributed by atoms with Crippen molar-refractivity contribution in [3.8, 4) is 0 Å². The molecule has 0 spiro atoms. The number of hydrogen-bond donors (Lipinski definition) is 0. The molecule has 0 heteroatoms. The summed E-state index contributed by atoms with van der Waals surface area (Å²) in [5, 5.41) is 0. The minimum absolute atomic E-state index is 0.666. The summed E-state index contributed by atoms with van der Waals surface area (Å²) in [5.41, 5.74) is 0.666. The van der Waals surface area contributed by atoms with Crippen molar-refractivity contribution >= 4 is 0 Å². The Morgan fingerprint density at radius 3 is 2.00 bits per heavy atom. The molecule has 8 atom stereocenters. The van der Waals surface area contributed by atoms with Gasteiger partial charge in [0.15, 0.2) is 0 Å². The molecule has 0 radical (unpaired) electrons. The summed E-state index contributed by atoms with van der Waals surface area (Å²) in [6.07, 6.45) is 2.96. The molecule has 3 aliphatic rings. The molecule has 0 bridgehead atoms. The summed E-state index contributed by atoms with van der Waals surface area (Å²) in [7, 11) is 0. The first-order valence-electron chi connectivity index (χ1n) is 7.84. The molecule has 8 unspecified atom stereocenters. The first kappa shape index (κ1) is 12.1. The molecule has 3 fully saturated rings. The zero-order chi connectivity index (χ0) is 12.5. The van der Waals surface area contributed by atoms with Gasteiger partial charge >= 0.3 is 0 Å². The van der Waals surface area contributed by atoms with Gasteiger partial charge in [0.2, 0.25) is 0 Å². The molecule has 0 aliphatic heterocycles. The standard InChI is InChI=1S/C17H30/c1-9(13-8-17(13,5)6)7-10(2)14-11(3)15-12(4)16(14)15/h9-16H,7-8H2,1-6H3. The first-order chi connectivity index (χ1) is 7.84. The largest absolute Gasteiger partial charge is 0.0622 e. The second-order valence-corrected chi connectivity index (χ2v) is 8.44. The highest BCUT2D eigenvalue weighted by molar-refractivity contribution is 5.13. The predicted octanol–water partition coefficient (Wildman–Crippen LogP) is 4.84. The van der Waals surface area contributed by atoms with Crippen LogP contribution in [0.3, 0.4) is 0 Å². The van der Waals surface area contributed by atoms with E-state index in [9.17, 15) is 0 Å². The lowest BCUT2D eigenvalue weighted by molar-refractivity contribution is 0.0916. The van der Waals surface area contributed by atoms with E-state index in [1.165, 1.54) is 12.8 Å². The van der Waals surface area contributed by atoms with E-state index in [1.54, 1.807) is 0 Å². The van der Waals surface area contributed by atoms with Crippen molar-refractivity contribution < 1.29 is 0 Å². The highest BCUT2D eigenvalue weighted by Crippen LogP contribution is 2.70. The van der Waals surface area contributed by atoms with Crippen LogP contribution in [0.5, 0.6) is 0 Å². The molecule has 17 heavy (non-hydrogen) atoms. The number of hydrogen-bond acceptors (Lipinski definition) is 0. The van der Waals surface area contributed by atoms with Crippen molar-refractivity contribution in [3.63, 3.8) is 0 Å². The molecular formula is C17H30. The lowest BCUT2D eigenvalue weighted by atomic mass is 9.66. The summed E-state index contributed by atoms with van der Waals surface area (Å²) < 4.78 is 0. The zero-order valence-corrected chi connectivity index (χ0v) is 12.5. The lowest BCUT2D eigenvalue weighted by Crippen LogP contribution is -2.33. The van der Waals surface area contributed by atoms with E-state index in [4.69, 9.17) is 0 Å². The molecule has 0 aromatic carbocycles. The first-order valence-corrected chi connectivity index (χ1v) is 7.84. The molecule has 3 rings (SSSR count). The Kier molecular flexibility index (Phi) is 2.49. The van der Waals surface area contributed by atoms with Crippen LogP contribution >= 0.6 is 0 Å². The van der Waals surface area contributed by atoms with E-state index >= 15 is 0 Å². The van der Waals surface area contributed by atoms with E-state index in [-0.39, 0.29) is 0 Å². The molecule has 0 saturated heterocycles. The number of rotatable bonds is 4. The Balaban J connectivity index is 1.53. The summed E-state index contributed by atoms with van der Waals surface area (Å²) >= 11 is 0. The second kappa shape index (κ2) is 3.52. The molecule has 0 aromatic rings. The molecule has 0 aromatic heterocycles. The second-order valence-electron chi connectivity index (χ2n) is 8.44. The smallest absolute Gasteiger partial charge is 0.0318 e. The zero-order valence-electron chi connectivity index (χ0n) is 12.5. The third-order valence-electron chi connectivity index (χ3n) is 6.85. The summed E-state index contributed by atoms with van der Waals surface area (Å²) in [6.45, 7) is 14.9. The molecule has 3 saturated carbocycles. The van der Waals surface area contributed by atoms with Crippen LogP contribution in [0, 0.1) is 52.8 Å². The normalized spacial score (nSPS) is 53.3. The van der Waals surface area contributed by atoms with Gasteiger partial charge in [0, 0.05) is 0 Å². The van der Waals surface area contributed by atoms with Gasteiger partial charge in [0.25, 0.3) is 0 Å². The maximum Gasteiger partial charge on any atom is -0.0318 e. The van der Waals surface area contributed by atoms with Crippen LogP contribution in [0.15, 0.2) is 0 Å². The van der Waals surface area contributed by atoms with Crippen LogP contribution in [0.1, 0.15) is 54.4 Å². The van der Waals surface area contributed by atoms with E-state index in [0.717, 1.165) is 47.3 Å². The Bertz CT molecular complexity index is 310. The van der Waals surface area contributed by atoms with Crippen LogP contribution in [-0.2, 0) is 0 Å². The van der Waals surface area contributed by atoms with Gasteiger partial charge in [-0.25, -0.2) is 0 Å². The number of fused-ring (bicyclic) bond motifs is 1. The van der Waals surface area contributed by atoms with Crippen molar-refractivity contribution in [2.24, 2.45) is 52.8 Å². The van der Waals surface area contributed by atoms with E-state index in [2.05, 4.69) is 41.5 Å². The maximum atomic E-state index is 2.54. The van der Waals surface area contributed by atoms with Gasteiger partial charge in [-0.05, 0) is 65.6 Å². The predicted molar refractivity (Wildman–Crippen MR) is 73.6 cm³/mol. The van der Waals surface area contributed by atoms with Gasteiger partial charge < -0.3 is 0 Å².